The van der Waals surface area contributed by atoms with Crippen molar-refractivity contribution in [2.24, 2.45) is 5.92 Å². The van der Waals surface area contributed by atoms with E-state index in [0.29, 0.717) is 11.8 Å². The molecule has 0 aromatic rings. The zero-order valence-electron chi connectivity index (χ0n) is 11.1. The zero-order chi connectivity index (χ0) is 12.1. The molecule has 3 nitrogen and oxygen atoms in total. The van der Waals surface area contributed by atoms with Crippen molar-refractivity contribution in [3.8, 4) is 0 Å². The Morgan fingerprint density at radius 2 is 2.00 bits per heavy atom. The first-order valence-electron chi connectivity index (χ1n) is 6.72. The molecule has 1 aliphatic rings. The van der Waals surface area contributed by atoms with Crippen LogP contribution in [0.15, 0.2) is 0 Å². The minimum atomic E-state index is 0.0492. The van der Waals surface area contributed by atoms with Crippen molar-refractivity contribution in [2.45, 2.75) is 65.6 Å². The first kappa shape index (κ1) is 13.5. The Morgan fingerprint density at radius 3 is 2.50 bits per heavy atom. The summed E-state index contributed by atoms with van der Waals surface area (Å²) in [5.74, 6) is 0.753. The molecule has 0 bridgehead atoms. The largest absolute Gasteiger partial charge is 0.326 e. The van der Waals surface area contributed by atoms with Gasteiger partial charge < -0.3 is 4.90 Å². The lowest BCUT2D eigenvalue weighted by molar-refractivity contribution is -0.131. The van der Waals surface area contributed by atoms with Gasteiger partial charge in [-0.25, -0.2) is 0 Å². The van der Waals surface area contributed by atoms with E-state index in [4.69, 9.17) is 0 Å². The summed E-state index contributed by atoms with van der Waals surface area (Å²) in [4.78, 5) is 14.3. The maximum absolute atomic E-state index is 12.2. The van der Waals surface area contributed by atoms with Crippen molar-refractivity contribution >= 4 is 5.91 Å². The van der Waals surface area contributed by atoms with Gasteiger partial charge in [0.05, 0.1) is 12.2 Å². The van der Waals surface area contributed by atoms with Crippen molar-refractivity contribution < 1.29 is 4.79 Å². The van der Waals surface area contributed by atoms with Crippen LogP contribution in [0.5, 0.6) is 0 Å². The van der Waals surface area contributed by atoms with Crippen LogP contribution in [-0.4, -0.2) is 29.6 Å². The van der Waals surface area contributed by atoms with E-state index in [1.807, 2.05) is 4.90 Å². The zero-order valence-corrected chi connectivity index (χ0v) is 11.1. The molecule has 1 heterocycles. The second kappa shape index (κ2) is 6.24. The first-order valence-corrected chi connectivity index (χ1v) is 6.72. The van der Waals surface area contributed by atoms with Crippen LogP contribution < -0.4 is 5.32 Å². The summed E-state index contributed by atoms with van der Waals surface area (Å²) in [5, 5.41) is 3.50. The number of carbonyl (C=O) groups excluding carboxylic acids is 1. The highest BCUT2D eigenvalue weighted by atomic mass is 16.2. The highest BCUT2D eigenvalue weighted by molar-refractivity contribution is 5.84. The van der Waals surface area contributed by atoms with E-state index in [2.05, 4.69) is 33.0 Å². The highest BCUT2D eigenvalue weighted by Gasteiger charge is 2.39. The van der Waals surface area contributed by atoms with E-state index >= 15 is 0 Å². The smallest absolute Gasteiger partial charge is 0.241 e. The van der Waals surface area contributed by atoms with Crippen molar-refractivity contribution in [1.82, 2.24) is 10.2 Å². The topological polar surface area (TPSA) is 32.3 Å². The maximum Gasteiger partial charge on any atom is 0.241 e. The molecule has 0 aromatic carbocycles. The standard InChI is InChI=1S/C13H26N2O/c1-5-8-11-14-12(10(4)7-3)13(16)15(11)9-6-2/h10-12,14H,5-9H2,1-4H3. The molecule has 1 aliphatic heterocycles. The summed E-state index contributed by atoms with van der Waals surface area (Å²) in [7, 11) is 0. The molecule has 3 atom stereocenters. The average Bonchev–Trinajstić information content (AvgIpc) is 2.58. The van der Waals surface area contributed by atoms with E-state index in [1.165, 1.54) is 0 Å². The second-order valence-electron chi connectivity index (χ2n) is 4.87. The fraction of sp³-hybridized carbons (Fsp3) is 0.923. The van der Waals surface area contributed by atoms with Crippen molar-refractivity contribution in [1.29, 1.82) is 0 Å². The Morgan fingerprint density at radius 1 is 1.31 bits per heavy atom. The molecule has 0 spiro atoms. The van der Waals surface area contributed by atoms with Crippen LogP contribution in [0.25, 0.3) is 0 Å². The van der Waals surface area contributed by atoms with Gasteiger partial charge in [0.1, 0.15) is 0 Å². The molecule has 94 valence electrons. The number of hydrogen-bond donors (Lipinski definition) is 1. The second-order valence-corrected chi connectivity index (χ2v) is 4.87. The van der Waals surface area contributed by atoms with Gasteiger partial charge in [-0.05, 0) is 18.8 Å². The molecular formula is C13H26N2O. The predicted octanol–water partition coefficient (Wildman–Crippen LogP) is 2.37. The molecule has 1 amide bonds. The average molecular weight is 226 g/mol. The highest BCUT2D eigenvalue weighted by Crippen LogP contribution is 2.21. The first-order chi connectivity index (χ1) is 7.65. The minimum Gasteiger partial charge on any atom is -0.326 e. The van der Waals surface area contributed by atoms with Crippen LogP contribution in [0.2, 0.25) is 0 Å². The van der Waals surface area contributed by atoms with Gasteiger partial charge in [-0.3, -0.25) is 10.1 Å². The number of carbonyl (C=O) groups is 1. The molecule has 1 fully saturated rings. The van der Waals surface area contributed by atoms with Gasteiger partial charge in [-0.2, -0.15) is 0 Å². The van der Waals surface area contributed by atoms with Gasteiger partial charge in [-0.15, -0.1) is 0 Å². The van der Waals surface area contributed by atoms with E-state index in [0.717, 1.165) is 32.2 Å². The van der Waals surface area contributed by atoms with Gasteiger partial charge in [0.2, 0.25) is 5.91 Å². The van der Waals surface area contributed by atoms with Crippen molar-refractivity contribution in [2.75, 3.05) is 6.54 Å². The Balaban J connectivity index is 2.69. The van der Waals surface area contributed by atoms with Gasteiger partial charge in [0.25, 0.3) is 0 Å². The van der Waals surface area contributed by atoms with Crippen LogP contribution in [0.3, 0.4) is 0 Å². The monoisotopic (exact) mass is 226 g/mol. The Labute approximate surface area is 99.6 Å². The molecule has 1 rings (SSSR count). The molecule has 0 radical (unpaired) electrons. The molecule has 16 heavy (non-hydrogen) atoms. The Hall–Kier alpha value is -0.570. The van der Waals surface area contributed by atoms with Crippen LogP contribution in [0.1, 0.15) is 53.4 Å². The van der Waals surface area contributed by atoms with Gasteiger partial charge in [0.15, 0.2) is 0 Å². The number of hydrogen-bond acceptors (Lipinski definition) is 2. The Bertz CT molecular complexity index is 230. The molecular weight excluding hydrogens is 200 g/mol. The van der Waals surface area contributed by atoms with E-state index in [1.54, 1.807) is 0 Å². The molecule has 0 aliphatic carbocycles. The summed E-state index contributed by atoms with van der Waals surface area (Å²) in [6.07, 6.45) is 4.57. The molecule has 3 heteroatoms. The molecule has 1 saturated heterocycles. The van der Waals surface area contributed by atoms with E-state index in [9.17, 15) is 4.79 Å². The third kappa shape index (κ3) is 2.76. The van der Waals surface area contributed by atoms with Gasteiger partial charge in [-0.1, -0.05) is 40.5 Å². The summed E-state index contributed by atoms with van der Waals surface area (Å²) in [6, 6.07) is 0.0492. The van der Waals surface area contributed by atoms with Crippen LogP contribution in [0, 0.1) is 5.92 Å². The van der Waals surface area contributed by atoms with Gasteiger partial charge >= 0.3 is 0 Å². The molecule has 0 aromatic heterocycles. The fourth-order valence-corrected chi connectivity index (χ4v) is 2.36. The summed E-state index contributed by atoms with van der Waals surface area (Å²) in [5.41, 5.74) is 0. The fourth-order valence-electron chi connectivity index (χ4n) is 2.36. The number of rotatable bonds is 6. The van der Waals surface area contributed by atoms with Crippen molar-refractivity contribution in [3.63, 3.8) is 0 Å². The normalized spacial score (nSPS) is 27.5. The van der Waals surface area contributed by atoms with Gasteiger partial charge in [0, 0.05) is 6.54 Å². The van der Waals surface area contributed by atoms with Crippen molar-refractivity contribution in [3.05, 3.63) is 0 Å². The summed E-state index contributed by atoms with van der Waals surface area (Å²) >= 11 is 0. The lowest BCUT2D eigenvalue weighted by Gasteiger charge is -2.23. The number of amides is 1. The quantitative estimate of drug-likeness (QED) is 0.754. The lowest BCUT2D eigenvalue weighted by Crippen LogP contribution is -2.37. The van der Waals surface area contributed by atoms with Crippen LogP contribution in [0.4, 0.5) is 0 Å². The SMILES string of the molecule is CCCC1NC(C(C)CC)C(=O)N1CCC. The van der Waals surface area contributed by atoms with Crippen LogP contribution in [-0.2, 0) is 4.79 Å². The Kier molecular flexibility index (Phi) is 5.26. The molecule has 0 saturated carbocycles. The third-order valence-corrected chi connectivity index (χ3v) is 3.54. The third-order valence-electron chi connectivity index (χ3n) is 3.54. The summed E-state index contributed by atoms with van der Waals surface area (Å²) < 4.78 is 0. The number of nitrogens with one attached hydrogen (secondary N) is 1. The minimum absolute atomic E-state index is 0.0492. The number of nitrogens with zero attached hydrogens (tertiary/aromatic N) is 1. The molecule has 3 unspecified atom stereocenters. The maximum atomic E-state index is 12.2. The lowest BCUT2D eigenvalue weighted by atomic mass is 9.99. The van der Waals surface area contributed by atoms with Crippen LogP contribution >= 0.6 is 0 Å². The molecule has 1 N–H and O–H groups in total. The van der Waals surface area contributed by atoms with E-state index in [-0.39, 0.29) is 12.2 Å². The summed E-state index contributed by atoms with van der Waals surface area (Å²) in [6.45, 7) is 9.51. The predicted molar refractivity (Wildman–Crippen MR) is 67.1 cm³/mol. The van der Waals surface area contributed by atoms with E-state index < -0.39 is 0 Å².